The molecule has 0 radical (unpaired) electrons. The molecule has 1 aliphatic heterocycles. The van der Waals surface area contributed by atoms with Crippen LogP contribution in [0.25, 0.3) is 0 Å². The monoisotopic (exact) mass is 276 g/mol. The van der Waals surface area contributed by atoms with E-state index in [1.165, 1.54) is 0 Å². The summed E-state index contributed by atoms with van der Waals surface area (Å²) in [5.74, 6) is -0.277. The van der Waals surface area contributed by atoms with Crippen LogP contribution in [0.5, 0.6) is 0 Å². The zero-order valence-corrected chi connectivity index (χ0v) is 11.7. The number of piperazine rings is 1. The molecule has 108 valence electrons. The van der Waals surface area contributed by atoms with Crippen LogP contribution in [0.4, 0.5) is 0 Å². The Morgan fingerprint density at radius 3 is 2.35 bits per heavy atom. The number of hydrogen-bond donors (Lipinski definition) is 1. The van der Waals surface area contributed by atoms with Gasteiger partial charge in [-0.15, -0.1) is 0 Å². The van der Waals surface area contributed by atoms with Crippen molar-refractivity contribution in [1.82, 2.24) is 14.8 Å². The molecule has 0 saturated carbocycles. The van der Waals surface area contributed by atoms with Crippen LogP contribution in [0.1, 0.15) is 23.7 Å². The minimum atomic E-state index is -0.290. The summed E-state index contributed by atoms with van der Waals surface area (Å²) in [6.45, 7) is 4.54. The highest BCUT2D eigenvalue weighted by Crippen LogP contribution is 2.12. The van der Waals surface area contributed by atoms with Gasteiger partial charge in [0.2, 0.25) is 5.91 Å². The van der Waals surface area contributed by atoms with Crippen molar-refractivity contribution in [2.75, 3.05) is 26.2 Å². The van der Waals surface area contributed by atoms with E-state index in [1.54, 1.807) is 29.4 Å². The van der Waals surface area contributed by atoms with Crippen LogP contribution in [0.3, 0.4) is 0 Å². The molecule has 6 nitrogen and oxygen atoms in total. The lowest BCUT2D eigenvalue weighted by Crippen LogP contribution is -2.55. The molecule has 1 atom stereocenters. The standard InChI is InChI=1S/C14H20N4O2/c1-2-12(13(15)19)17-7-9-18(10-8-17)14(20)11-3-5-16-6-4-11/h3-6,12H,2,7-10H2,1H3,(H2,15,19)/t12-/m1/s1. The highest BCUT2D eigenvalue weighted by atomic mass is 16.2. The van der Waals surface area contributed by atoms with Crippen LogP contribution in [0, 0.1) is 0 Å². The average Bonchev–Trinajstić information content (AvgIpc) is 2.48. The number of primary amides is 1. The highest BCUT2D eigenvalue weighted by Gasteiger charge is 2.28. The molecule has 1 fully saturated rings. The number of hydrogen-bond acceptors (Lipinski definition) is 4. The van der Waals surface area contributed by atoms with E-state index >= 15 is 0 Å². The molecule has 1 aromatic rings. The Morgan fingerprint density at radius 1 is 1.25 bits per heavy atom. The minimum absolute atomic E-state index is 0.0131. The van der Waals surface area contributed by atoms with Gasteiger partial charge in [0.1, 0.15) is 0 Å². The Morgan fingerprint density at radius 2 is 1.85 bits per heavy atom. The van der Waals surface area contributed by atoms with Gasteiger partial charge in [0.25, 0.3) is 5.91 Å². The summed E-state index contributed by atoms with van der Waals surface area (Å²) in [5.41, 5.74) is 6.04. The molecule has 0 aromatic carbocycles. The van der Waals surface area contributed by atoms with Crippen LogP contribution < -0.4 is 5.73 Å². The van der Waals surface area contributed by atoms with Crippen LogP contribution in [-0.4, -0.2) is 58.8 Å². The summed E-state index contributed by atoms with van der Waals surface area (Å²) in [7, 11) is 0. The molecule has 0 spiro atoms. The van der Waals surface area contributed by atoms with Crippen LogP contribution >= 0.6 is 0 Å². The first kappa shape index (κ1) is 14.5. The number of amides is 2. The fourth-order valence-corrected chi connectivity index (χ4v) is 2.55. The number of aromatic nitrogens is 1. The molecule has 1 saturated heterocycles. The number of nitrogens with two attached hydrogens (primary N) is 1. The largest absolute Gasteiger partial charge is 0.368 e. The van der Waals surface area contributed by atoms with Gasteiger partial charge in [-0.05, 0) is 18.6 Å². The van der Waals surface area contributed by atoms with Crippen LogP contribution in [0.15, 0.2) is 24.5 Å². The van der Waals surface area contributed by atoms with Crippen molar-refractivity contribution in [3.8, 4) is 0 Å². The average molecular weight is 276 g/mol. The van der Waals surface area contributed by atoms with Crippen LogP contribution in [-0.2, 0) is 4.79 Å². The molecule has 2 N–H and O–H groups in total. The summed E-state index contributed by atoms with van der Waals surface area (Å²) in [6.07, 6.45) is 3.93. The second-order valence-electron chi connectivity index (χ2n) is 4.89. The Balaban J connectivity index is 1.94. The lowest BCUT2D eigenvalue weighted by Gasteiger charge is -2.37. The van der Waals surface area contributed by atoms with Crippen LogP contribution in [0.2, 0.25) is 0 Å². The van der Waals surface area contributed by atoms with E-state index in [9.17, 15) is 9.59 Å². The summed E-state index contributed by atoms with van der Waals surface area (Å²) < 4.78 is 0. The lowest BCUT2D eigenvalue weighted by atomic mass is 10.1. The third-order valence-electron chi connectivity index (χ3n) is 3.68. The van der Waals surface area contributed by atoms with E-state index in [0.717, 1.165) is 0 Å². The van der Waals surface area contributed by atoms with Crippen molar-refractivity contribution >= 4 is 11.8 Å². The third kappa shape index (κ3) is 3.14. The fraction of sp³-hybridized carbons (Fsp3) is 0.500. The molecule has 0 aliphatic carbocycles. The first-order valence-corrected chi connectivity index (χ1v) is 6.86. The normalized spacial score (nSPS) is 17.8. The molecule has 2 rings (SSSR count). The topological polar surface area (TPSA) is 79.5 Å². The van der Waals surface area contributed by atoms with Gasteiger partial charge in [0.15, 0.2) is 0 Å². The first-order valence-electron chi connectivity index (χ1n) is 6.86. The van der Waals surface area contributed by atoms with Crippen molar-refractivity contribution in [1.29, 1.82) is 0 Å². The van der Waals surface area contributed by atoms with Gasteiger partial charge >= 0.3 is 0 Å². The zero-order valence-electron chi connectivity index (χ0n) is 11.7. The molecule has 0 unspecified atom stereocenters. The number of nitrogens with zero attached hydrogens (tertiary/aromatic N) is 3. The first-order chi connectivity index (χ1) is 9.63. The van der Waals surface area contributed by atoms with E-state index in [1.807, 2.05) is 6.92 Å². The van der Waals surface area contributed by atoms with Gasteiger partial charge < -0.3 is 10.6 Å². The zero-order chi connectivity index (χ0) is 14.5. The van der Waals surface area contributed by atoms with Gasteiger partial charge in [0, 0.05) is 44.1 Å². The minimum Gasteiger partial charge on any atom is -0.368 e. The third-order valence-corrected chi connectivity index (χ3v) is 3.68. The fourth-order valence-electron chi connectivity index (χ4n) is 2.55. The van der Waals surface area contributed by atoms with Gasteiger partial charge in [-0.3, -0.25) is 19.5 Å². The molecule has 1 aliphatic rings. The summed E-state index contributed by atoms with van der Waals surface area (Å²) in [4.78, 5) is 31.4. The van der Waals surface area contributed by atoms with E-state index in [-0.39, 0.29) is 17.9 Å². The smallest absolute Gasteiger partial charge is 0.254 e. The quantitative estimate of drug-likeness (QED) is 0.846. The Labute approximate surface area is 118 Å². The molecule has 20 heavy (non-hydrogen) atoms. The summed E-state index contributed by atoms with van der Waals surface area (Å²) in [6, 6.07) is 3.20. The van der Waals surface area contributed by atoms with Crippen molar-refractivity contribution in [3.63, 3.8) is 0 Å². The predicted molar refractivity (Wildman–Crippen MR) is 75.0 cm³/mol. The van der Waals surface area contributed by atoms with Gasteiger partial charge in [0.05, 0.1) is 6.04 Å². The molecule has 0 bridgehead atoms. The van der Waals surface area contributed by atoms with Crippen molar-refractivity contribution in [2.24, 2.45) is 5.73 Å². The van der Waals surface area contributed by atoms with E-state index in [2.05, 4.69) is 9.88 Å². The van der Waals surface area contributed by atoms with E-state index in [0.29, 0.717) is 38.2 Å². The van der Waals surface area contributed by atoms with E-state index < -0.39 is 0 Å². The molecule has 2 amide bonds. The van der Waals surface area contributed by atoms with Crippen molar-refractivity contribution in [3.05, 3.63) is 30.1 Å². The summed E-state index contributed by atoms with van der Waals surface area (Å²) in [5, 5.41) is 0. The van der Waals surface area contributed by atoms with Gasteiger partial charge in [-0.1, -0.05) is 6.92 Å². The molecule has 6 heteroatoms. The number of carbonyl (C=O) groups excluding carboxylic acids is 2. The van der Waals surface area contributed by atoms with E-state index in [4.69, 9.17) is 5.73 Å². The molecular formula is C14H20N4O2. The number of carbonyl (C=O) groups is 2. The Hall–Kier alpha value is -1.95. The lowest BCUT2D eigenvalue weighted by molar-refractivity contribution is -0.123. The number of pyridine rings is 1. The van der Waals surface area contributed by atoms with Crippen molar-refractivity contribution in [2.45, 2.75) is 19.4 Å². The number of rotatable bonds is 4. The molecule has 1 aromatic heterocycles. The second-order valence-corrected chi connectivity index (χ2v) is 4.89. The van der Waals surface area contributed by atoms with Gasteiger partial charge in [-0.2, -0.15) is 0 Å². The van der Waals surface area contributed by atoms with Gasteiger partial charge in [-0.25, -0.2) is 0 Å². The highest BCUT2D eigenvalue weighted by molar-refractivity contribution is 5.94. The van der Waals surface area contributed by atoms with Crippen molar-refractivity contribution < 1.29 is 9.59 Å². The second kappa shape index (κ2) is 6.47. The molecule has 2 heterocycles. The predicted octanol–water partition coefficient (Wildman–Crippen LogP) is 0.103. The maximum absolute atomic E-state index is 12.3. The Kier molecular flexibility index (Phi) is 4.68. The maximum Gasteiger partial charge on any atom is 0.254 e. The summed E-state index contributed by atoms with van der Waals surface area (Å²) >= 11 is 0. The SMILES string of the molecule is CC[C@H](C(N)=O)N1CCN(C(=O)c2ccncc2)CC1. The Bertz CT molecular complexity index is 469. The molecular weight excluding hydrogens is 256 g/mol. The maximum atomic E-state index is 12.3.